The van der Waals surface area contributed by atoms with Gasteiger partial charge in [-0.2, -0.15) is 0 Å². The summed E-state index contributed by atoms with van der Waals surface area (Å²) in [4.78, 5) is 16.5. The van der Waals surface area contributed by atoms with Crippen molar-refractivity contribution >= 4 is 23.2 Å². The van der Waals surface area contributed by atoms with E-state index in [0.717, 1.165) is 5.65 Å². The van der Waals surface area contributed by atoms with Crippen molar-refractivity contribution in [2.45, 2.75) is 13.5 Å². The Morgan fingerprint density at radius 2 is 1.96 bits per heavy atom. The van der Waals surface area contributed by atoms with E-state index in [9.17, 15) is 9.18 Å². The number of fused-ring (bicyclic) bond motifs is 1. The molecule has 0 bridgehead atoms. The van der Waals surface area contributed by atoms with Gasteiger partial charge in [0.1, 0.15) is 12.4 Å². The van der Waals surface area contributed by atoms with Crippen molar-refractivity contribution in [1.82, 2.24) is 25.2 Å². The molecule has 0 fully saturated rings. The van der Waals surface area contributed by atoms with E-state index in [1.807, 2.05) is 35.7 Å². The predicted molar refractivity (Wildman–Crippen MR) is 101 cm³/mol. The Hall–Kier alpha value is -3.49. The molecule has 0 saturated carbocycles. The van der Waals surface area contributed by atoms with Crippen LogP contribution >= 0.6 is 0 Å². The summed E-state index contributed by atoms with van der Waals surface area (Å²) >= 11 is 0. The smallest absolute Gasteiger partial charge is 0.243 e. The van der Waals surface area contributed by atoms with Gasteiger partial charge < -0.3 is 16.0 Å². The maximum atomic E-state index is 12.9. The Labute approximate surface area is 155 Å². The summed E-state index contributed by atoms with van der Waals surface area (Å²) < 4.78 is 14.8. The second-order valence-corrected chi connectivity index (χ2v) is 5.65. The molecule has 1 amide bonds. The van der Waals surface area contributed by atoms with E-state index in [-0.39, 0.29) is 18.3 Å². The van der Waals surface area contributed by atoms with Crippen LogP contribution in [0.25, 0.3) is 5.65 Å². The van der Waals surface area contributed by atoms with Gasteiger partial charge in [-0.15, -0.1) is 10.2 Å². The lowest BCUT2D eigenvalue weighted by Crippen LogP contribution is -2.41. The van der Waals surface area contributed by atoms with Crippen molar-refractivity contribution in [3.05, 3.63) is 60.3 Å². The molecule has 8 nitrogen and oxygen atoms in total. The SMILES string of the molecule is CCNC(=NCc1nnc2ccccn12)NCC(=O)Nc1ccc(F)cc1. The third-order valence-electron chi connectivity index (χ3n) is 3.65. The van der Waals surface area contributed by atoms with Gasteiger partial charge in [-0.05, 0) is 43.3 Å². The summed E-state index contributed by atoms with van der Waals surface area (Å²) in [6.07, 6.45) is 1.87. The van der Waals surface area contributed by atoms with E-state index in [4.69, 9.17) is 0 Å². The summed E-state index contributed by atoms with van der Waals surface area (Å²) in [6, 6.07) is 11.2. The van der Waals surface area contributed by atoms with Crippen LogP contribution < -0.4 is 16.0 Å². The van der Waals surface area contributed by atoms with Gasteiger partial charge in [-0.3, -0.25) is 9.20 Å². The summed E-state index contributed by atoms with van der Waals surface area (Å²) in [7, 11) is 0. The highest BCUT2D eigenvalue weighted by Crippen LogP contribution is 2.07. The van der Waals surface area contributed by atoms with E-state index in [1.165, 1.54) is 24.3 Å². The average Bonchev–Trinajstić information content (AvgIpc) is 3.09. The molecule has 0 saturated heterocycles. The molecule has 9 heteroatoms. The lowest BCUT2D eigenvalue weighted by atomic mass is 10.3. The summed E-state index contributed by atoms with van der Waals surface area (Å²) in [6.45, 7) is 2.90. The zero-order valence-electron chi connectivity index (χ0n) is 14.8. The topological polar surface area (TPSA) is 95.7 Å². The molecular formula is C18H20FN7O. The molecule has 27 heavy (non-hydrogen) atoms. The molecular weight excluding hydrogens is 349 g/mol. The van der Waals surface area contributed by atoms with Crippen LogP contribution in [0, 0.1) is 5.82 Å². The molecule has 2 heterocycles. The van der Waals surface area contributed by atoms with Gasteiger partial charge in [-0.1, -0.05) is 6.07 Å². The van der Waals surface area contributed by atoms with Crippen LogP contribution in [0.5, 0.6) is 0 Å². The molecule has 0 aliphatic rings. The first-order chi connectivity index (χ1) is 13.2. The number of halogens is 1. The summed E-state index contributed by atoms with van der Waals surface area (Å²) in [5.74, 6) is 0.562. The zero-order valence-corrected chi connectivity index (χ0v) is 14.8. The Morgan fingerprint density at radius 1 is 1.15 bits per heavy atom. The van der Waals surface area contributed by atoms with Gasteiger partial charge >= 0.3 is 0 Å². The zero-order chi connectivity index (χ0) is 19.1. The number of pyridine rings is 1. The molecule has 0 unspecified atom stereocenters. The van der Waals surface area contributed by atoms with Crippen LogP contribution in [0.4, 0.5) is 10.1 Å². The number of rotatable bonds is 6. The van der Waals surface area contributed by atoms with Crippen LogP contribution in [0.3, 0.4) is 0 Å². The molecule has 3 rings (SSSR count). The van der Waals surface area contributed by atoms with Gasteiger partial charge in [-0.25, -0.2) is 9.38 Å². The minimum Gasteiger partial charge on any atom is -0.357 e. The van der Waals surface area contributed by atoms with Crippen LogP contribution in [0.15, 0.2) is 53.7 Å². The lowest BCUT2D eigenvalue weighted by molar-refractivity contribution is -0.115. The second-order valence-electron chi connectivity index (χ2n) is 5.65. The highest BCUT2D eigenvalue weighted by molar-refractivity contribution is 5.94. The molecule has 0 spiro atoms. The fourth-order valence-corrected chi connectivity index (χ4v) is 2.39. The Bertz CT molecular complexity index is 936. The maximum Gasteiger partial charge on any atom is 0.243 e. The molecule has 0 atom stereocenters. The highest BCUT2D eigenvalue weighted by Gasteiger charge is 2.07. The first-order valence-corrected chi connectivity index (χ1v) is 8.52. The quantitative estimate of drug-likeness (QED) is 0.453. The number of carbonyl (C=O) groups is 1. The normalized spacial score (nSPS) is 11.4. The number of nitrogens with zero attached hydrogens (tertiary/aromatic N) is 4. The van der Waals surface area contributed by atoms with Crippen molar-refractivity contribution in [2.75, 3.05) is 18.4 Å². The number of carbonyl (C=O) groups excluding carboxylic acids is 1. The number of amides is 1. The predicted octanol–water partition coefficient (Wildman–Crippen LogP) is 1.56. The fraction of sp³-hybridized carbons (Fsp3) is 0.222. The Balaban J connectivity index is 1.58. The summed E-state index contributed by atoms with van der Waals surface area (Å²) in [5, 5.41) is 16.9. The molecule has 140 valence electrons. The molecule has 0 aliphatic heterocycles. The van der Waals surface area contributed by atoms with Crippen LogP contribution in [-0.2, 0) is 11.3 Å². The standard InChI is InChI=1S/C18H20FN7O/c1-2-20-18(21-11-16-25-24-15-5-3-4-10-26(15)16)22-12-17(27)23-14-8-6-13(19)7-9-14/h3-10H,2,11-12H2,1H3,(H,23,27)(H2,20,21,22). The monoisotopic (exact) mass is 369 g/mol. The Morgan fingerprint density at radius 3 is 2.74 bits per heavy atom. The number of hydrogen-bond donors (Lipinski definition) is 3. The molecule has 0 radical (unpaired) electrons. The minimum atomic E-state index is -0.353. The second kappa shape index (κ2) is 8.75. The van der Waals surface area contributed by atoms with Crippen LogP contribution in [0.2, 0.25) is 0 Å². The fourth-order valence-electron chi connectivity index (χ4n) is 2.39. The highest BCUT2D eigenvalue weighted by atomic mass is 19.1. The number of aromatic nitrogens is 3. The van der Waals surface area contributed by atoms with E-state index < -0.39 is 0 Å². The van der Waals surface area contributed by atoms with E-state index in [1.54, 1.807) is 0 Å². The molecule has 2 aromatic heterocycles. The molecule has 3 N–H and O–H groups in total. The van der Waals surface area contributed by atoms with E-state index in [0.29, 0.717) is 30.6 Å². The Kier molecular flexibility index (Phi) is 5.93. The number of guanidine groups is 1. The number of benzene rings is 1. The number of nitrogens with one attached hydrogen (secondary N) is 3. The van der Waals surface area contributed by atoms with Gasteiger partial charge in [0.2, 0.25) is 5.91 Å². The third kappa shape index (κ3) is 5.00. The van der Waals surface area contributed by atoms with E-state index >= 15 is 0 Å². The van der Waals surface area contributed by atoms with Crippen molar-refractivity contribution in [1.29, 1.82) is 0 Å². The van der Waals surface area contributed by atoms with Gasteiger partial charge in [0.15, 0.2) is 17.4 Å². The van der Waals surface area contributed by atoms with E-state index in [2.05, 4.69) is 31.1 Å². The maximum absolute atomic E-state index is 12.9. The van der Waals surface area contributed by atoms with Gasteiger partial charge in [0.25, 0.3) is 0 Å². The van der Waals surface area contributed by atoms with Crippen molar-refractivity contribution in [2.24, 2.45) is 4.99 Å². The molecule has 0 aliphatic carbocycles. The van der Waals surface area contributed by atoms with Crippen molar-refractivity contribution < 1.29 is 9.18 Å². The molecule has 1 aromatic carbocycles. The average molecular weight is 369 g/mol. The van der Waals surface area contributed by atoms with Crippen molar-refractivity contribution in [3.63, 3.8) is 0 Å². The molecule has 3 aromatic rings. The van der Waals surface area contributed by atoms with Gasteiger partial charge in [0, 0.05) is 18.4 Å². The van der Waals surface area contributed by atoms with Gasteiger partial charge in [0.05, 0.1) is 6.54 Å². The number of aliphatic imine (C=N–C) groups is 1. The third-order valence-corrected chi connectivity index (χ3v) is 3.65. The summed E-state index contributed by atoms with van der Waals surface area (Å²) in [5.41, 5.74) is 1.28. The van der Waals surface area contributed by atoms with Crippen molar-refractivity contribution in [3.8, 4) is 0 Å². The number of hydrogen-bond acceptors (Lipinski definition) is 4. The first kappa shape index (κ1) is 18.3. The van der Waals surface area contributed by atoms with Crippen LogP contribution in [0.1, 0.15) is 12.7 Å². The number of anilines is 1. The largest absolute Gasteiger partial charge is 0.357 e. The first-order valence-electron chi connectivity index (χ1n) is 8.52. The lowest BCUT2D eigenvalue weighted by Gasteiger charge is -2.11. The van der Waals surface area contributed by atoms with Crippen LogP contribution in [-0.4, -0.2) is 39.6 Å². The minimum absolute atomic E-state index is 0.0176.